The minimum Gasteiger partial charge on any atom is -0.351 e. The molecule has 0 aliphatic rings. The van der Waals surface area contributed by atoms with Crippen molar-refractivity contribution in [1.29, 1.82) is 0 Å². The Kier molecular flexibility index (Phi) is 3.82. The first kappa shape index (κ1) is 12.8. The first-order chi connectivity index (χ1) is 8.59. The molecule has 0 unspecified atom stereocenters. The van der Waals surface area contributed by atoms with E-state index in [0.717, 1.165) is 0 Å². The van der Waals surface area contributed by atoms with E-state index in [1.807, 2.05) is 36.4 Å². The second-order valence-corrected chi connectivity index (χ2v) is 5.86. The summed E-state index contributed by atoms with van der Waals surface area (Å²) in [5, 5.41) is 5.06. The predicted octanol–water partition coefficient (Wildman–Crippen LogP) is 3.46. The number of benzene rings is 1. The Bertz CT molecular complexity index is 503. The lowest BCUT2D eigenvalue weighted by atomic mass is 9.91. The third kappa shape index (κ3) is 2.99. The van der Waals surface area contributed by atoms with Crippen molar-refractivity contribution in [2.75, 3.05) is 6.54 Å². The molecular weight excluding hydrogens is 242 g/mol. The topological polar surface area (TPSA) is 29.1 Å². The zero-order chi connectivity index (χ0) is 13.0. The average molecular weight is 259 g/mol. The van der Waals surface area contributed by atoms with E-state index < -0.39 is 0 Å². The van der Waals surface area contributed by atoms with Gasteiger partial charge in [0.15, 0.2) is 0 Å². The van der Waals surface area contributed by atoms with Gasteiger partial charge in [-0.15, -0.1) is 11.3 Å². The zero-order valence-corrected chi connectivity index (χ0v) is 11.5. The fraction of sp³-hybridized carbons (Fsp3) is 0.267. The molecule has 1 heterocycles. The molecule has 0 fully saturated rings. The highest BCUT2D eigenvalue weighted by molar-refractivity contribution is 7.10. The lowest BCUT2D eigenvalue weighted by Gasteiger charge is -2.23. The molecule has 0 aliphatic heterocycles. The van der Waals surface area contributed by atoms with Crippen LogP contribution in [-0.2, 0) is 5.41 Å². The number of carbonyl (C=O) groups excluding carboxylic acids is 1. The Balaban J connectivity index is 1.98. The molecule has 2 nitrogen and oxygen atoms in total. The summed E-state index contributed by atoms with van der Waals surface area (Å²) in [6.45, 7) is 4.93. The number of carbonyl (C=O) groups is 1. The summed E-state index contributed by atoms with van der Waals surface area (Å²) < 4.78 is 0. The summed E-state index contributed by atoms with van der Waals surface area (Å²) >= 11 is 1.73. The van der Waals surface area contributed by atoms with Gasteiger partial charge in [0, 0.05) is 22.4 Å². The van der Waals surface area contributed by atoms with Crippen LogP contribution in [0.25, 0.3) is 0 Å². The first-order valence-electron chi connectivity index (χ1n) is 5.97. The van der Waals surface area contributed by atoms with E-state index in [2.05, 4.69) is 30.6 Å². The number of hydrogen-bond acceptors (Lipinski definition) is 2. The molecule has 1 aromatic heterocycles. The van der Waals surface area contributed by atoms with Gasteiger partial charge in [-0.3, -0.25) is 4.79 Å². The van der Waals surface area contributed by atoms with Crippen molar-refractivity contribution in [3.05, 3.63) is 58.3 Å². The fourth-order valence-electron chi connectivity index (χ4n) is 1.74. The maximum Gasteiger partial charge on any atom is 0.251 e. The summed E-state index contributed by atoms with van der Waals surface area (Å²) in [6.07, 6.45) is 0. The molecule has 0 saturated carbocycles. The van der Waals surface area contributed by atoms with Gasteiger partial charge in [0.05, 0.1) is 0 Å². The van der Waals surface area contributed by atoms with E-state index >= 15 is 0 Å². The Labute approximate surface area is 112 Å². The van der Waals surface area contributed by atoms with Crippen LogP contribution in [-0.4, -0.2) is 12.5 Å². The molecule has 0 radical (unpaired) electrons. The lowest BCUT2D eigenvalue weighted by molar-refractivity contribution is 0.0946. The highest BCUT2D eigenvalue weighted by atomic mass is 32.1. The van der Waals surface area contributed by atoms with Gasteiger partial charge >= 0.3 is 0 Å². The maximum atomic E-state index is 12.0. The molecule has 18 heavy (non-hydrogen) atoms. The highest BCUT2D eigenvalue weighted by Crippen LogP contribution is 2.26. The van der Waals surface area contributed by atoms with Crippen molar-refractivity contribution in [3.63, 3.8) is 0 Å². The number of hydrogen-bond donors (Lipinski definition) is 1. The average Bonchev–Trinajstić information content (AvgIpc) is 2.92. The van der Waals surface area contributed by atoms with Crippen molar-refractivity contribution in [1.82, 2.24) is 5.32 Å². The van der Waals surface area contributed by atoms with Gasteiger partial charge in [-0.1, -0.05) is 38.1 Å². The first-order valence-corrected chi connectivity index (χ1v) is 6.85. The Morgan fingerprint density at radius 2 is 1.89 bits per heavy atom. The highest BCUT2D eigenvalue weighted by Gasteiger charge is 2.22. The summed E-state index contributed by atoms with van der Waals surface area (Å²) in [6, 6.07) is 13.5. The van der Waals surface area contributed by atoms with E-state index in [1.165, 1.54) is 4.88 Å². The molecule has 0 spiro atoms. The van der Waals surface area contributed by atoms with Gasteiger partial charge in [0.2, 0.25) is 0 Å². The number of rotatable bonds is 4. The van der Waals surface area contributed by atoms with Crippen LogP contribution in [0.15, 0.2) is 47.8 Å². The second-order valence-electron chi connectivity index (χ2n) is 4.91. The van der Waals surface area contributed by atoms with E-state index in [4.69, 9.17) is 0 Å². The van der Waals surface area contributed by atoms with E-state index in [1.54, 1.807) is 11.3 Å². The van der Waals surface area contributed by atoms with Crippen LogP contribution >= 0.6 is 11.3 Å². The van der Waals surface area contributed by atoms with Gasteiger partial charge in [0.25, 0.3) is 5.91 Å². The molecule has 2 aromatic rings. The van der Waals surface area contributed by atoms with Gasteiger partial charge in [0.1, 0.15) is 0 Å². The third-order valence-corrected chi connectivity index (χ3v) is 4.15. The lowest BCUT2D eigenvalue weighted by Crippen LogP contribution is -2.36. The molecule has 1 N–H and O–H groups in total. The van der Waals surface area contributed by atoms with Gasteiger partial charge in [-0.2, -0.15) is 0 Å². The van der Waals surface area contributed by atoms with Crippen LogP contribution in [0.2, 0.25) is 0 Å². The summed E-state index contributed by atoms with van der Waals surface area (Å²) in [7, 11) is 0. The zero-order valence-electron chi connectivity index (χ0n) is 10.6. The van der Waals surface area contributed by atoms with Crippen molar-refractivity contribution >= 4 is 17.2 Å². The molecule has 1 aromatic carbocycles. The second kappa shape index (κ2) is 5.36. The van der Waals surface area contributed by atoms with E-state index in [9.17, 15) is 4.79 Å². The van der Waals surface area contributed by atoms with Gasteiger partial charge in [-0.25, -0.2) is 0 Å². The van der Waals surface area contributed by atoms with Crippen LogP contribution in [0.4, 0.5) is 0 Å². The van der Waals surface area contributed by atoms with Crippen LogP contribution in [0.3, 0.4) is 0 Å². The Morgan fingerprint density at radius 3 is 2.50 bits per heavy atom. The third-order valence-electron chi connectivity index (χ3n) is 2.92. The van der Waals surface area contributed by atoms with Crippen molar-refractivity contribution in [2.45, 2.75) is 19.3 Å². The summed E-state index contributed by atoms with van der Waals surface area (Å²) in [5.41, 5.74) is 0.679. The molecule has 1 amide bonds. The van der Waals surface area contributed by atoms with Crippen molar-refractivity contribution in [2.24, 2.45) is 0 Å². The van der Waals surface area contributed by atoms with Gasteiger partial charge < -0.3 is 5.32 Å². The largest absolute Gasteiger partial charge is 0.351 e. The Hall–Kier alpha value is -1.61. The fourth-order valence-corrected chi connectivity index (χ4v) is 2.60. The van der Waals surface area contributed by atoms with E-state index in [-0.39, 0.29) is 11.3 Å². The van der Waals surface area contributed by atoms with Crippen molar-refractivity contribution in [3.8, 4) is 0 Å². The van der Waals surface area contributed by atoms with Crippen LogP contribution < -0.4 is 5.32 Å². The molecule has 94 valence electrons. The normalized spacial score (nSPS) is 11.2. The number of thiophene rings is 1. The summed E-state index contributed by atoms with van der Waals surface area (Å²) in [4.78, 5) is 13.2. The molecule has 3 heteroatoms. The van der Waals surface area contributed by atoms with E-state index in [0.29, 0.717) is 12.1 Å². The van der Waals surface area contributed by atoms with Crippen LogP contribution in [0.5, 0.6) is 0 Å². The molecule has 0 aliphatic carbocycles. The van der Waals surface area contributed by atoms with Gasteiger partial charge in [-0.05, 0) is 23.6 Å². The predicted molar refractivity (Wildman–Crippen MR) is 76.1 cm³/mol. The molecule has 0 bridgehead atoms. The SMILES string of the molecule is CC(C)(CNC(=O)c1ccccc1)c1cccs1. The molecular formula is C15H17NOS. The number of nitrogens with one attached hydrogen (secondary N) is 1. The molecule has 0 saturated heterocycles. The molecule has 2 rings (SSSR count). The Morgan fingerprint density at radius 1 is 1.17 bits per heavy atom. The standard InChI is InChI=1S/C15H17NOS/c1-15(2,13-9-6-10-18-13)11-16-14(17)12-7-4-3-5-8-12/h3-10H,11H2,1-2H3,(H,16,17). The number of amides is 1. The smallest absolute Gasteiger partial charge is 0.251 e. The minimum atomic E-state index is -0.0292. The monoisotopic (exact) mass is 259 g/mol. The quantitative estimate of drug-likeness (QED) is 0.895. The van der Waals surface area contributed by atoms with Crippen LogP contribution in [0.1, 0.15) is 29.1 Å². The molecule has 0 atom stereocenters. The van der Waals surface area contributed by atoms with Crippen molar-refractivity contribution < 1.29 is 4.79 Å². The summed E-state index contributed by atoms with van der Waals surface area (Å²) in [5.74, 6) is -0.0137. The van der Waals surface area contributed by atoms with Crippen LogP contribution in [0, 0.1) is 0 Å². The maximum absolute atomic E-state index is 12.0. The minimum absolute atomic E-state index is 0.0137.